The molecular weight excluding hydrogens is 596 g/mol. The van der Waals surface area contributed by atoms with Crippen molar-refractivity contribution in [1.82, 2.24) is 4.98 Å². The third-order valence-corrected chi connectivity index (χ3v) is 8.60. The fourth-order valence-electron chi connectivity index (χ4n) is 5.32. The first kappa shape index (κ1) is 30.3. The van der Waals surface area contributed by atoms with E-state index in [0.717, 1.165) is 11.1 Å². The first-order chi connectivity index (χ1) is 21.8. The number of fused-ring (bicyclic) bond motifs is 2. The predicted octanol–water partition coefficient (Wildman–Crippen LogP) is 6.53. The van der Waals surface area contributed by atoms with E-state index in [0.29, 0.717) is 82.9 Å². The number of aliphatic hydroxyl groups is 1. The summed E-state index contributed by atoms with van der Waals surface area (Å²) in [6, 6.07) is 14.6. The van der Waals surface area contributed by atoms with Crippen LogP contribution in [0, 0.1) is 5.92 Å². The van der Waals surface area contributed by atoms with Gasteiger partial charge in [0.25, 0.3) is 5.78 Å². The number of methoxy groups -OCH3 is 1. The summed E-state index contributed by atoms with van der Waals surface area (Å²) >= 11 is 1.26. The molecule has 1 aromatic heterocycles. The lowest BCUT2D eigenvalue weighted by atomic mass is 9.95. The standard InChI is InChI=1S/C34H34N2O8S/c1-5-41-22-8-9-23-28(18-22)45-34(35-23)36-30(20-6-10-24(26(16-20)40-4)42-13-12-19(2)3)29(32(38)33(36)39)31(37)21-7-11-25-27(17-21)44-15-14-43-25/h6-11,16-19,30,37H,5,12-15H2,1-4H3/b31-29-. The molecule has 45 heavy (non-hydrogen) atoms. The van der Waals surface area contributed by atoms with Crippen LogP contribution in [0.15, 0.2) is 60.2 Å². The Morgan fingerprint density at radius 2 is 1.82 bits per heavy atom. The number of carbonyl (C=O) groups is 2. The highest BCUT2D eigenvalue weighted by Gasteiger charge is 2.48. The van der Waals surface area contributed by atoms with Gasteiger partial charge in [-0.1, -0.05) is 31.3 Å². The van der Waals surface area contributed by atoms with E-state index < -0.39 is 17.7 Å². The predicted molar refractivity (Wildman–Crippen MR) is 171 cm³/mol. The summed E-state index contributed by atoms with van der Waals surface area (Å²) in [7, 11) is 1.53. The van der Waals surface area contributed by atoms with Crippen LogP contribution in [0.5, 0.6) is 28.7 Å². The first-order valence-electron chi connectivity index (χ1n) is 14.8. The van der Waals surface area contributed by atoms with Gasteiger partial charge in [0.15, 0.2) is 28.1 Å². The Hall–Kier alpha value is -4.77. The molecule has 1 N–H and O–H groups in total. The van der Waals surface area contributed by atoms with Crippen molar-refractivity contribution >= 4 is 44.1 Å². The minimum absolute atomic E-state index is 0.0820. The number of thiazole rings is 1. The van der Waals surface area contributed by atoms with Gasteiger partial charge in [-0.15, -0.1) is 0 Å². The Bertz CT molecular complexity index is 1800. The molecule has 6 rings (SSSR count). The molecule has 0 aliphatic carbocycles. The molecule has 1 amide bonds. The number of hydrogen-bond donors (Lipinski definition) is 1. The molecule has 4 aromatic rings. The molecule has 0 spiro atoms. The van der Waals surface area contributed by atoms with E-state index in [-0.39, 0.29) is 11.3 Å². The van der Waals surface area contributed by atoms with E-state index in [1.54, 1.807) is 36.4 Å². The Morgan fingerprint density at radius 3 is 2.58 bits per heavy atom. The van der Waals surface area contributed by atoms with Crippen molar-refractivity contribution in [3.05, 3.63) is 71.3 Å². The van der Waals surface area contributed by atoms with Crippen LogP contribution in [0.1, 0.15) is 44.4 Å². The summed E-state index contributed by atoms with van der Waals surface area (Å²) in [6.45, 7) is 7.92. The average Bonchev–Trinajstić information content (AvgIpc) is 3.57. The molecule has 0 saturated carbocycles. The van der Waals surface area contributed by atoms with Crippen LogP contribution in [0.4, 0.5) is 5.13 Å². The number of hydrogen-bond acceptors (Lipinski definition) is 10. The molecule has 3 aromatic carbocycles. The fourth-order valence-corrected chi connectivity index (χ4v) is 6.34. The zero-order valence-electron chi connectivity index (χ0n) is 25.5. The van der Waals surface area contributed by atoms with Crippen LogP contribution < -0.4 is 28.6 Å². The van der Waals surface area contributed by atoms with Crippen LogP contribution >= 0.6 is 11.3 Å². The lowest BCUT2D eigenvalue weighted by Gasteiger charge is -2.24. The molecular formula is C34H34N2O8S. The van der Waals surface area contributed by atoms with Gasteiger partial charge in [-0.05, 0) is 73.4 Å². The van der Waals surface area contributed by atoms with Gasteiger partial charge in [0, 0.05) is 5.56 Å². The van der Waals surface area contributed by atoms with Crippen molar-refractivity contribution in [1.29, 1.82) is 0 Å². The summed E-state index contributed by atoms with van der Waals surface area (Å²) < 4.78 is 29.4. The van der Waals surface area contributed by atoms with Crippen molar-refractivity contribution in [2.75, 3.05) is 38.4 Å². The molecule has 0 radical (unpaired) electrons. The van der Waals surface area contributed by atoms with Crippen molar-refractivity contribution in [3.63, 3.8) is 0 Å². The molecule has 1 saturated heterocycles. The van der Waals surface area contributed by atoms with Crippen molar-refractivity contribution in [2.24, 2.45) is 5.92 Å². The monoisotopic (exact) mass is 630 g/mol. The molecule has 0 bridgehead atoms. The summed E-state index contributed by atoms with van der Waals surface area (Å²) in [5.74, 6) is 1.11. The maximum atomic E-state index is 13.8. The van der Waals surface area contributed by atoms with Crippen LogP contribution in [-0.4, -0.2) is 55.3 Å². The highest BCUT2D eigenvalue weighted by atomic mass is 32.1. The molecule has 3 heterocycles. The van der Waals surface area contributed by atoms with Gasteiger partial charge in [0.1, 0.15) is 24.7 Å². The van der Waals surface area contributed by atoms with E-state index in [4.69, 9.17) is 28.7 Å². The van der Waals surface area contributed by atoms with Crippen LogP contribution in [0.2, 0.25) is 0 Å². The van der Waals surface area contributed by atoms with Gasteiger partial charge in [0.2, 0.25) is 0 Å². The SMILES string of the molecule is CCOc1ccc2nc(N3C(=O)C(=O)/C(=C(\O)c4ccc5c(c4)OCCO5)C3c3ccc(OCCC(C)C)c(OC)c3)sc2c1. The second-order valence-electron chi connectivity index (χ2n) is 11.0. The van der Waals surface area contributed by atoms with Gasteiger partial charge in [-0.2, -0.15) is 0 Å². The maximum absolute atomic E-state index is 13.8. The van der Waals surface area contributed by atoms with Crippen molar-refractivity contribution < 1.29 is 38.4 Å². The fraction of sp³-hybridized carbons (Fsp3) is 0.324. The van der Waals surface area contributed by atoms with Crippen LogP contribution in [0.3, 0.4) is 0 Å². The lowest BCUT2D eigenvalue weighted by Crippen LogP contribution is -2.29. The molecule has 1 fully saturated rings. The van der Waals surface area contributed by atoms with E-state index in [9.17, 15) is 14.7 Å². The molecule has 234 valence electrons. The molecule has 1 unspecified atom stereocenters. The third kappa shape index (κ3) is 5.87. The highest BCUT2D eigenvalue weighted by Crippen LogP contribution is 2.46. The van der Waals surface area contributed by atoms with E-state index >= 15 is 0 Å². The largest absolute Gasteiger partial charge is 0.507 e. The van der Waals surface area contributed by atoms with E-state index in [1.165, 1.54) is 23.3 Å². The maximum Gasteiger partial charge on any atom is 0.301 e. The lowest BCUT2D eigenvalue weighted by molar-refractivity contribution is -0.132. The summed E-state index contributed by atoms with van der Waals surface area (Å²) in [5.41, 5.74) is 1.42. The summed E-state index contributed by atoms with van der Waals surface area (Å²) in [5, 5.41) is 12.0. The number of ether oxygens (including phenoxy) is 5. The van der Waals surface area contributed by atoms with Crippen molar-refractivity contribution in [3.8, 4) is 28.7 Å². The second kappa shape index (κ2) is 12.7. The number of carbonyl (C=O) groups excluding carboxylic acids is 2. The molecule has 1 atom stereocenters. The van der Waals surface area contributed by atoms with Gasteiger partial charge >= 0.3 is 5.91 Å². The van der Waals surface area contributed by atoms with Crippen molar-refractivity contribution in [2.45, 2.75) is 33.2 Å². The average molecular weight is 631 g/mol. The number of Topliss-reactive ketones (excluding diaryl/α,β-unsaturated/α-hetero) is 1. The number of anilines is 1. The number of nitrogens with zero attached hydrogens (tertiary/aromatic N) is 2. The first-order valence-corrected chi connectivity index (χ1v) is 15.7. The van der Waals surface area contributed by atoms with Gasteiger partial charge < -0.3 is 28.8 Å². The highest BCUT2D eigenvalue weighted by molar-refractivity contribution is 7.22. The topological polar surface area (TPSA) is 117 Å². The normalized spacial score (nSPS) is 17.3. The van der Waals surface area contributed by atoms with Gasteiger partial charge in [-0.3, -0.25) is 14.5 Å². The minimum atomic E-state index is -1.01. The molecule has 11 heteroatoms. The molecule has 2 aliphatic rings. The third-order valence-electron chi connectivity index (χ3n) is 7.58. The zero-order valence-corrected chi connectivity index (χ0v) is 26.3. The van der Waals surface area contributed by atoms with Gasteiger partial charge in [0.05, 0.1) is 42.2 Å². The Labute approximate surface area is 264 Å². The number of aliphatic hydroxyl groups excluding tert-OH is 1. The summed E-state index contributed by atoms with van der Waals surface area (Å²) in [4.78, 5) is 33.7. The zero-order chi connectivity index (χ0) is 31.7. The van der Waals surface area contributed by atoms with E-state index in [1.807, 2.05) is 25.1 Å². The van der Waals surface area contributed by atoms with Gasteiger partial charge in [-0.25, -0.2) is 4.98 Å². The van der Waals surface area contributed by atoms with E-state index in [2.05, 4.69) is 13.8 Å². The van der Waals surface area contributed by atoms with Crippen LogP contribution in [-0.2, 0) is 9.59 Å². The Balaban J connectivity index is 1.48. The summed E-state index contributed by atoms with van der Waals surface area (Å²) in [6.07, 6.45) is 0.864. The number of aromatic nitrogens is 1. The Kier molecular flexibility index (Phi) is 8.53. The molecule has 2 aliphatic heterocycles. The number of rotatable bonds is 10. The minimum Gasteiger partial charge on any atom is -0.507 e. The Morgan fingerprint density at radius 1 is 1.02 bits per heavy atom. The van der Waals surface area contributed by atoms with Crippen LogP contribution in [0.25, 0.3) is 16.0 Å². The number of ketones is 1. The number of benzene rings is 3. The smallest absolute Gasteiger partial charge is 0.301 e. The number of amides is 1. The quantitative estimate of drug-likeness (QED) is 0.119. The molecule has 10 nitrogen and oxygen atoms in total. The second-order valence-corrected chi connectivity index (χ2v) is 12.0.